The lowest BCUT2D eigenvalue weighted by Gasteiger charge is -2.18. The van der Waals surface area contributed by atoms with E-state index in [1.54, 1.807) is 0 Å². The van der Waals surface area contributed by atoms with E-state index >= 15 is 0 Å². The molecule has 1 aliphatic heterocycles. The van der Waals surface area contributed by atoms with E-state index in [-0.39, 0.29) is 18.9 Å². The monoisotopic (exact) mass is 350 g/mol. The third-order valence-corrected chi connectivity index (χ3v) is 5.18. The molecule has 0 spiro atoms. The predicted molar refractivity (Wildman–Crippen MR) is 90.6 cm³/mol. The van der Waals surface area contributed by atoms with E-state index in [9.17, 15) is 17.1 Å². The summed E-state index contributed by atoms with van der Waals surface area (Å²) < 4.78 is 36.6. The van der Waals surface area contributed by atoms with E-state index in [2.05, 4.69) is 4.57 Å². The van der Waals surface area contributed by atoms with Crippen LogP contribution in [0.15, 0.2) is 36.4 Å². The molecule has 0 bridgehead atoms. The predicted octanol–water partition coefficient (Wildman–Crippen LogP) is 2.75. The molecule has 1 aliphatic rings. The minimum atomic E-state index is -4.57. The van der Waals surface area contributed by atoms with Gasteiger partial charge in [-0.2, -0.15) is 8.42 Å². The van der Waals surface area contributed by atoms with Crippen LogP contribution in [-0.4, -0.2) is 31.2 Å². The van der Waals surface area contributed by atoms with E-state index < -0.39 is 21.9 Å². The molecule has 1 aromatic carbocycles. The summed E-state index contributed by atoms with van der Waals surface area (Å²) in [5, 5.41) is 0. The van der Waals surface area contributed by atoms with Gasteiger partial charge in [0.15, 0.2) is 0 Å². The number of hydrogen-bond acceptors (Lipinski definition) is 3. The highest BCUT2D eigenvalue weighted by atomic mass is 32.3. The van der Waals surface area contributed by atoms with Crippen molar-refractivity contribution in [1.29, 1.82) is 0 Å². The Morgan fingerprint density at radius 1 is 1.12 bits per heavy atom. The van der Waals surface area contributed by atoms with Crippen LogP contribution in [-0.2, 0) is 15.0 Å². The third kappa shape index (κ3) is 3.36. The molecule has 1 saturated heterocycles. The zero-order chi connectivity index (χ0) is 17.5. The summed E-state index contributed by atoms with van der Waals surface area (Å²) in [5.74, 6) is -1.29. The third-order valence-electron chi connectivity index (χ3n) is 4.31. The van der Waals surface area contributed by atoms with Crippen LogP contribution in [0, 0.1) is 19.8 Å². The van der Waals surface area contributed by atoms with Crippen molar-refractivity contribution >= 4 is 21.8 Å². The molecule has 1 fully saturated rings. The quantitative estimate of drug-likeness (QED) is 0.797. The lowest BCUT2D eigenvalue weighted by molar-refractivity contribution is -0.117. The zero-order valence-electron chi connectivity index (χ0n) is 13.6. The van der Waals surface area contributed by atoms with E-state index in [4.69, 9.17) is 0 Å². The maximum absolute atomic E-state index is 12.9. The lowest BCUT2D eigenvalue weighted by atomic mass is 10.1. The Kier molecular flexibility index (Phi) is 4.21. The summed E-state index contributed by atoms with van der Waals surface area (Å²) in [6, 6.07) is 11.5. The first-order chi connectivity index (χ1) is 11.2. The van der Waals surface area contributed by atoms with Gasteiger partial charge in [0.1, 0.15) is 0 Å². The van der Waals surface area contributed by atoms with Crippen LogP contribution in [0.25, 0.3) is 5.69 Å². The van der Waals surface area contributed by atoms with Crippen molar-refractivity contribution < 1.29 is 17.1 Å². The molecule has 3 rings (SSSR count). The molecule has 7 heteroatoms. The summed E-state index contributed by atoms with van der Waals surface area (Å²) in [7, 11) is -4.57. The van der Waals surface area contributed by atoms with Gasteiger partial charge in [0, 0.05) is 41.6 Å². The first-order valence-electron chi connectivity index (χ1n) is 7.73. The highest BCUT2D eigenvalue weighted by molar-refractivity contribution is 7.86. The first kappa shape index (κ1) is 16.7. The summed E-state index contributed by atoms with van der Waals surface area (Å²) in [6.45, 7) is 4.22. The number of anilines is 1. The normalized spacial score (nSPS) is 18.4. The second kappa shape index (κ2) is 6.05. The molecule has 1 aromatic heterocycles. The second-order valence-electron chi connectivity index (χ2n) is 6.25. The summed E-state index contributed by atoms with van der Waals surface area (Å²) in [6.07, 6.45) is 0.0505. The average Bonchev–Trinajstić information content (AvgIpc) is 3.00. The zero-order valence-corrected chi connectivity index (χ0v) is 14.4. The van der Waals surface area contributed by atoms with Gasteiger partial charge in [0.25, 0.3) is 0 Å². The van der Waals surface area contributed by atoms with Gasteiger partial charge in [-0.1, -0.05) is 6.07 Å². The molecule has 1 amide bonds. The van der Waals surface area contributed by atoms with Crippen LogP contribution in [0.3, 0.4) is 0 Å². The van der Waals surface area contributed by atoms with E-state index in [0.717, 1.165) is 17.1 Å². The largest absolute Gasteiger partial charge is 0.318 e. The molecule has 1 atom stereocenters. The van der Waals surface area contributed by atoms with E-state index in [1.165, 1.54) is 4.90 Å². The van der Waals surface area contributed by atoms with Gasteiger partial charge in [-0.3, -0.25) is 4.79 Å². The molecule has 0 saturated carbocycles. The summed E-state index contributed by atoms with van der Waals surface area (Å²) >= 11 is 0. The van der Waals surface area contributed by atoms with Gasteiger partial charge in [-0.05, 0) is 44.2 Å². The molecule has 128 valence electrons. The summed E-state index contributed by atoms with van der Waals surface area (Å²) in [4.78, 5) is 13.7. The molecule has 2 heterocycles. The van der Waals surface area contributed by atoms with Crippen LogP contribution >= 0.6 is 0 Å². The second-order valence-corrected chi connectivity index (χ2v) is 7.66. The number of rotatable bonds is 4. The van der Waals surface area contributed by atoms with Crippen LogP contribution in [0.5, 0.6) is 0 Å². The maximum atomic E-state index is 12.9. The Bertz CT molecular complexity index is 869. The van der Waals surface area contributed by atoms with Crippen LogP contribution in [0.4, 0.5) is 9.57 Å². The topological polar surface area (TPSA) is 59.4 Å². The molecular weight excluding hydrogens is 331 g/mol. The van der Waals surface area contributed by atoms with E-state index in [1.807, 2.05) is 50.2 Å². The van der Waals surface area contributed by atoms with Crippen molar-refractivity contribution in [2.24, 2.45) is 5.92 Å². The molecule has 2 aromatic rings. The molecular formula is C17H19FN2O3S. The molecule has 1 unspecified atom stereocenters. The maximum Gasteiger partial charge on any atom is 0.302 e. The van der Waals surface area contributed by atoms with Crippen LogP contribution in [0.2, 0.25) is 0 Å². The number of amides is 1. The van der Waals surface area contributed by atoms with Crippen LogP contribution < -0.4 is 4.90 Å². The first-order valence-corrected chi connectivity index (χ1v) is 9.28. The number of benzene rings is 1. The van der Waals surface area contributed by atoms with Gasteiger partial charge in [0.05, 0.1) is 5.75 Å². The molecule has 0 aliphatic carbocycles. The van der Waals surface area contributed by atoms with Crippen molar-refractivity contribution in [3.63, 3.8) is 0 Å². The van der Waals surface area contributed by atoms with Gasteiger partial charge >= 0.3 is 10.2 Å². The fourth-order valence-electron chi connectivity index (χ4n) is 3.30. The molecule has 5 nitrogen and oxygen atoms in total. The number of carbonyl (C=O) groups excluding carboxylic acids is 1. The van der Waals surface area contributed by atoms with Gasteiger partial charge in [-0.25, -0.2) is 0 Å². The Morgan fingerprint density at radius 3 is 2.38 bits per heavy atom. The number of aryl methyl sites for hydroxylation is 2. The summed E-state index contributed by atoms with van der Waals surface area (Å²) in [5.41, 5.74) is 3.79. The molecule has 0 N–H and O–H groups in total. The average molecular weight is 350 g/mol. The van der Waals surface area contributed by atoms with Crippen molar-refractivity contribution in [3.05, 3.63) is 47.8 Å². The number of nitrogens with zero attached hydrogens (tertiary/aromatic N) is 2. The SMILES string of the molecule is Cc1ccc(C)n1-c1cccc(N2CC(CS(=O)(=O)F)CC2=O)c1. The van der Waals surface area contributed by atoms with Crippen LogP contribution in [0.1, 0.15) is 17.8 Å². The van der Waals surface area contributed by atoms with Crippen molar-refractivity contribution in [2.45, 2.75) is 20.3 Å². The highest BCUT2D eigenvalue weighted by Crippen LogP contribution is 2.28. The number of hydrogen-bond donors (Lipinski definition) is 0. The lowest BCUT2D eigenvalue weighted by Crippen LogP contribution is -2.25. The Balaban J connectivity index is 1.88. The van der Waals surface area contributed by atoms with Crippen molar-refractivity contribution in [2.75, 3.05) is 17.2 Å². The standard InChI is InChI=1S/C17H19FN2O3S/c1-12-6-7-13(2)20(12)16-5-3-4-15(9-16)19-10-14(8-17(19)21)11-24(18,22)23/h3-7,9,14H,8,10-11H2,1-2H3. The minimum absolute atomic E-state index is 0.0505. The van der Waals surface area contributed by atoms with Crippen molar-refractivity contribution in [3.8, 4) is 5.69 Å². The van der Waals surface area contributed by atoms with E-state index in [0.29, 0.717) is 5.69 Å². The fourth-order valence-corrected chi connectivity index (χ4v) is 4.09. The Labute approximate surface area is 140 Å². The highest BCUT2D eigenvalue weighted by Gasteiger charge is 2.33. The van der Waals surface area contributed by atoms with Gasteiger partial charge in [-0.15, -0.1) is 3.89 Å². The van der Waals surface area contributed by atoms with Gasteiger partial charge in [0.2, 0.25) is 5.91 Å². The van der Waals surface area contributed by atoms with Gasteiger partial charge < -0.3 is 9.47 Å². The number of carbonyl (C=O) groups is 1. The Morgan fingerprint density at radius 2 is 1.75 bits per heavy atom. The number of halogens is 1. The minimum Gasteiger partial charge on any atom is -0.318 e. The fraction of sp³-hybridized carbons (Fsp3) is 0.353. The van der Waals surface area contributed by atoms with Crippen molar-refractivity contribution in [1.82, 2.24) is 4.57 Å². The smallest absolute Gasteiger partial charge is 0.302 e. The molecule has 0 radical (unpaired) electrons. The Hall–Kier alpha value is -2.15. The molecule has 24 heavy (non-hydrogen) atoms. The number of aromatic nitrogens is 1.